The molecule has 1 aliphatic rings. The molecule has 160 valence electrons. The number of nitrogens with one attached hydrogen (secondary N) is 1. The quantitative estimate of drug-likeness (QED) is 0.505. The Morgan fingerprint density at radius 3 is 2.75 bits per heavy atom. The Labute approximate surface area is 189 Å². The van der Waals surface area contributed by atoms with E-state index in [-0.39, 0.29) is 17.8 Å². The predicted molar refractivity (Wildman–Crippen MR) is 120 cm³/mol. The van der Waals surface area contributed by atoms with Crippen molar-refractivity contribution in [3.63, 3.8) is 0 Å². The fourth-order valence-corrected chi connectivity index (χ4v) is 4.18. The highest BCUT2D eigenvalue weighted by Gasteiger charge is 2.33. The molecular formula is C23H19ClN6O2. The summed E-state index contributed by atoms with van der Waals surface area (Å²) in [6.45, 7) is 1.91. The zero-order valence-corrected chi connectivity index (χ0v) is 18.2. The van der Waals surface area contributed by atoms with Gasteiger partial charge in [0.05, 0.1) is 24.7 Å². The van der Waals surface area contributed by atoms with Gasteiger partial charge in [-0.3, -0.25) is 4.79 Å². The standard InChI is InChI=1S/C23H19ClN6O2/c1-13-21-18(15-4-3-5-16(24)10-15)11-20(31)27-22(21)30(29-13)23-26-19(12-25-28-23)14-6-8-17(32-2)9-7-14/h3-10,12,18H,11H2,1-2H3,(H,27,31)/t18-/m1/s1. The van der Waals surface area contributed by atoms with E-state index in [9.17, 15) is 4.79 Å². The molecule has 1 aliphatic heterocycles. The molecule has 0 bridgehead atoms. The second-order valence-electron chi connectivity index (χ2n) is 7.49. The number of rotatable bonds is 4. The van der Waals surface area contributed by atoms with Crippen molar-refractivity contribution < 1.29 is 9.53 Å². The molecule has 2 aromatic carbocycles. The summed E-state index contributed by atoms with van der Waals surface area (Å²) in [6, 6.07) is 15.1. The number of halogens is 1. The van der Waals surface area contributed by atoms with Gasteiger partial charge in [0.2, 0.25) is 5.91 Å². The van der Waals surface area contributed by atoms with Crippen LogP contribution in [0, 0.1) is 6.92 Å². The van der Waals surface area contributed by atoms with E-state index in [1.54, 1.807) is 18.0 Å². The molecule has 8 nitrogen and oxygen atoms in total. The summed E-state index contributed by atoms with van der Waals surface area (Å²) < 4.78 is 6.76. The van der Waals surface area contributed by atoms with Gasteiger partial charge in [0, 0.05) is 28.5 Å². The summed E-state index contributed by atoms with van der Waals surface area (Å²) in [6.07, 6.45) is 1.90. The van der Waals surface area contributed by atoms with Crippen LogP contribution in [0.2, 0.25) is 5.02 Å². The van der Waals surface area contributed by atoms with E-state index in [1.807, 2.05) is 55.5 Å². The largest absolute Gasteiger partial charge is 0.497 e. The minimum absolute atomic E-state index is 0.108. The van der Waals surface area contributed by atoms with E-state index < -0.39 is 0 Å². The lowest BCUT2D eigenvalue weighted by Gasteiger charge is -2.24. The van der Waals surface area contributed by atoms with Crippen molar-refractivity contribution >= 4 is 23.3 Å². The first kappa shape index (κ1) is 20.1. The number of carbonyl (C=O) groups excluding carboxylic acids is 1. The van der Waals surface area contributed by atoms with Crippen LogP contribution in [0.25, 0.3) is 17.2 Å². The molecule has 0 spiro atoms. The fraction of sp³-hybridized carbons (Fsp3) is 0.174. The Hall–Kier alpha value is -3.78. The third-order valence-corrected chi connectivity index (χ3v) is 5.71. The molecule has 1 atom stereocenters. The van der Waals surface area contributed by atoms with Crippen molar-refractivity contribution in [2.24, 2.45) is 0 Å². The van der Waals surface area contributed by atoms with E-state index in [4.69, 9.17) is 16.3 Å². The number of methoxy groups -OCH3 is 1. The first-order chi connectivity index (χ1) is 15.5. The Kier molecular flexibility index (Phi) is 5.07. The van der Waals surface area contributed by atoms with E-state index in [0.29, 0.717) is 23.0 Å². The number of amides is 1. The van der Waals surface area contributed by atoms with Crippen LogP contribution >= 0.6 is 11.6 Å². The summed E-state index contributed by atoms with van der Waals surface area (Å²) >= 11 is 6.21. The average molecular weight is 447 g/mol. The summed E-state index contributed by atoms with van der Waals surface area (Å²) in [5, 5.41) is 16.5. The maximum Gasteiger partial charge on any atom is 0.272 e. The Balaban J connectivity index is 1.59. The van der Waals surface area contributed by atoms with E-state index in [2.05, 4.69) is 25.6 Å². The predicted octanol–water partition coefficient (Wildman–Crippen LogP) is 4.17. The maximum atomic E-state index is 12.6. The van der Waals surface area contributed by atoms with Crippen molar-refractivity contribution in [3.05, 3.63) is 76.6 Å². The SMILES string of the molecule is COc1ccc(-c2cnnc(-n3nc(C)c4c3NC(=O)C[C@@H]4c3cccc(Cl)c3)n2)cc1. The number of fused-ring (bicyclic) bond motifs is 1. The molecule has 4 aromatic rings. The van der Waals surface area contributed by atoms with Gasteiger partial charge in [-0.15, -0.1) is 5.10 Å². The van der Waals surface area contributed by atoms with Crippen LogP contribution in [-0.4, -0.2) is 38.0 Å². The number of aromatic nitrogens is 5. The molecule has 0 saturated carbocycles. The minimum atomic E-state index is -0.163. The number of ether oxygens (including phenoxy) is 1. The van der Waals surface area contributed by atoms with E-state index in [1.165, 1.54) is 0 Å². The van der Waals surface area contributed by atoms with Crippen LogP contribution in [0.3, 0.4) is 0 Å². The second-order valence-corrected chi connectivity index (χ2v) is 7.93. The minimum Gasteiger partial charge on any atom is -0.497 e. The molecular weight excluding hydrogens is 428 g/mol. The van der Waals surface area contributed by atoms with Crippen molar-refractivity contribution in [2.75, 3.05) is 12.4 Å². The molecule has 0 unspecified atom stereocenters. The fourth-order valence-electron chi connectivity index (χ4n) is 3.98. The molecule has 5 rings (SSSR count). The number of nitrogens with zero attached hydrogens (tertiary/aromatic N) is 5. The molecule has 3 heterocycles. The lowest BCUT2D eigenvalue weighted by atomic mass is 9.86. The molecule has 32 heavy (non-hydrogen) atoms. The topological polar surface area (TPSA) is 94.8 Å². The van der Waals surface area contributed by atoms with Gasteiger partial charge < -0.3 is 10.1 Å². The number of hydrogen-bond acceptors (Lipinski definition) is 6. The van der Waals surface area contributed by atoms with Gasteiger partial charge in [0.25, 0.3) is 5.95 Å². The number of hydrogen-bond donors (Lipinski definition) is 1. The van der Waals surface area contributed by atoms with Crippen molar-refractivity contribution in [1.82, 2.24) is 25.0 Å². The van der Waals surface area contributed by atoms with E-state index in [0.717, 1.165) is 28.1 Å². The van der Waals surface area contributed by atoms with Crippen LogP contribution in [0.5, 0.6) is 5.75 Å². The van der Waals surface area contributed by atoms with Crippen LogP contribution in [-0.2, 0) is 4.79 Å². The van der Waals surface area contributed by atoms with Crippen molar-refractivity contribution in [3.8, 4) is 23.0 Å². The van der Waals surface area contributed by atoms with Gasteiger partial charge in [0.1, 0.15) is 11.6 Å². The van der Waals surface area contributed by atoms with Gasteiger partial charge in [0.15, 0.2) is 0 Å². The number of benzene rings is 2. The molecule has 0 saturated heterocycles. The highest BCUT2D eigenvalue weighted by Crippen LogP contribution is 2.40. The van der Waals surface area contributed by atoms with Crippen LogP contribution in [0.15, 0.2) is 54.7 Å². The third kappa shape index (κ3) is 3.58. The first-order valence-corrected chi connectivity index (χ1v) is 10.4. The first-order valence-electron chi connectivity index (χ1n) is 10.0. The van der Waals surface area contributed by atoms with E-state index >= 15 is 0 Å². The zero-order chi connectivity index (χ0) is 22.2. The zero-order valence-electron chi connectivity index (χ0n) is 17.4. The lowest BCUT2D eigenvalue weighted by molar-refractivity contribution is -0.116. The summed E-state index contributed by atoms with van der Waals surface area (Å²) in [5.74, 6) is 1.31. The Morgan fingerprint density at radius 2 is 2.00 bits per heavy atom. The molecule has 0 radical (unpaired) electrons. The van der Waals surface area contributed by atoms with Gasteiger partial charge in [-0.25, -0.2) is 4.98 Å². The molecule has 9 heteroatoms. The molecule has 0 aliphatic carbocycles. The Bertz CT molecular complexity index is 1320. The monoisotopic (exact) mass is 446 g/mol. The van der Waals surface area contributed by atoms with Crippen LogP contribution in [0.1, 0.15) is 29.2 Å². The average Bonchev–Trinajstić information content (AvgIpc) is 3.15. The van der Waals surface area contributed by atoms with Crippen LogP contribution in [0.4, 0.5) is 5.82 Å². The maximum absolute atomic E-state index is 12.6. The normalized spacial score (nSPS) is 15.2. The van der Waals surface area contributed by atoms with Crippen molar-refractivity contribution in [1.29, 1.82) is 0 Å². The highest BCUT2D eigenvalue weighted by atomic mass is 35.5. The van der Waals surface area contributed by atoms with Gasteiger partial charge in [-0.2, -0.15) is 14.9 Å². The number of carbonyl (C=O) groups is 1. The highest BCUT2D eigenvalue weighted by molar-refractivity contribution is 6.30. The molecule has 0 fully saturated rings. The second kappa shape index (κ2) is 8.05. The van der Waals surface area contributed by atoms with Gasteiger partial charge >= 0.3 is 0 Å². The smallest absolute Gasteiger partial charge is 0.272 e. The summed E-state index contributed by atoms with van der Waals surface area (Å²) in [7, 11) is 1.62. The number of aryl methyl sites for hydroxylation is 1. The third-order valence-electron chi connectivity index (χ3n) is 5.48. The van der Waals surface area contributed by atoms with Crippen LogP contribution < -0.4 is 10.1 Å². The lowest BCUT2D eigenvalue weighted by Crippen LogP contribution is -2.25. The van der Waals surface area contributed by atoms with Gasteiger partial charge in [-0.05, 0) is 48.9 Å². The van der Waals surface area contributed by atoms with Crippen molar-refractivity contribution in [2.45, 2.75) is 19.3 Å². The summed E-state index contributed by atoms with van der Waals surface area (Å²) in [5.41, 5.74) is 4.16. The molecule has 2 aromatic heterocycles. The number of anilines is 1. The van der Waals surface area contributed by atoms with Gasteiger partial charge in [-0.1, -0.05) is 23.7 Å². The molecule has 1 N–H and O–H groups in total. The Morgan fingerprint density at radius 1 is 1.19 bits per heavy atom. The summed E-state index contributed by atoms with van der Waals surface area (Å²) in [4.78, 5) is 17.2. The molecule has 1 amide bonds.